The third-order valence-corrected chi connectivity index (χ3v) is 15.0. The van der Waals surface area contributed by atoms with Crippen molar-refractivity contribution in [3.8, 4) is 0 Å². The number of phosphoric ester groups is 1. The number of allylic oxidation sites excluding steroid dienone is 15. The number of carbonyl (C=O) groups excluding carboxylic acids is 2. The Labute approximate surface area is 488 Å². The number of rotatable bonds is 58. The lowest BCUT2D eigenvalue weighted by atomic mass is 10.0. The molecular weight excluding hydrogens is 1000 g/mol. The van der Waals surface area contributed by atoms with E-state index in [2.05, 4.69) is 111 Å². The second kappa shape index (κ2) is 58.1. The van der Waals surface area contributed by atoms with Crippen LogP contribution < -0.4 is 10.2 Å². The number of nitrogens with zero attached hydrogens (tertiary/aromatic N) is 1. The lowest BCUT2D eigenvalue weighted by Crippen LogP contribution is -2.47. The Morgan fingerprint density at radius 2 is 0.810 bits per heavy atom. The second-order valence-corrected chi connectivity index (χ2v) is 24.3. The van der Waals surface area contributed by atoms with E-state index < -0.39 is 26.6 Å². The van der Waals surface area contributed by atoms with Gasteiger partial charge in [0, 0.05) is 12.8 Å². The number of nitrogens with one attached hydrogen (secondary N) is 1. The number of esters is 1. The molecule has 0 heterocycles. The van der Waals surface area contributed by atoms with Crippen LogP contribution in [0.1, 0.15) is 278 Å². The molecule has 3 unspecified atom stereocenters. The minimum atomic E-state index is -4.71. The van der Waals surface area contributed by atoms with E-state index in [9.17, 15) is 19.0 Å². The quantitative estimate of drug-likeness (QED) is 0.0212. The third kappa shape index (κ3) is 59.4. The molecule has 0 bridgehead atoms. The van der Waals surface area contributed by atoms with Crippen LogP contribution in [0.5, 0.6) is 0 Å². The molecule has 3 atom stereocenters. The van der Waals surface area contributed by atoms with E-state index in [1.165, 1.54) is 141 Å². The second-order valence-electron chi connectivity index (χ2n) is 22.9. The molecule has 0 radical (unpaired) electrons. The molecule has 0 saturated heterocycles. The number of ether oxygens (including phenoxy) is 1. The summed E-state index contributed by atoms with van der Waals surface area (Å²) >= 11 is 0. The van der Waals surface area contributed by atoms with Crippen LogP contribution in [0.15, 0.2) is 97.2 Å². The highest BCUT2D eigenvalue weighted by molar-refractivity contribution is 7.45. The Hall–Kier alpha value is -3.07. The van der Waals surface area contributed by atoms with Gasteiger partial charge in [-0.15, -0.1) is 0 Å². The molecule has 0 aromatic rings. The van der Waals surface area contributed by atoms with Gasteiger partial charge in [0.05, 0.1) is 33.8 Å². The van der Waals surface area contributed by atoms with Crippen LogP contribution >= 0.6 is 7.82 Å². The third-order valence-electron chi connectivity index (χ3n) is 14.0. The number of phosphoric acid groups is 1. The molecule has 456 valence electrons. The van der Waals surface area contributed by atoms with E-state index in [0.29, 0.717) is 17.4 Å². The lowest BCUT2D eigenvalue weighted by molar-refractivity contribution is -0.870. The Morgan fingerprint density at radius 3 is 1.25 bits per heavy atom. The molecule has 0 aromatic carbocycles. The number of quaternary nitrogens is 1. The van der Waals surface area contributed by atoms with Crippen molar-refractivity contribution in [3.63, 3.8) is 0 Å². The largest absolute Gasteiger partial charge is 0.756 e. The van der Waals surface area contributed by atoms with Crippen molar-refractivity contribution in [2.24, 2.45) is 0 Å². The molecule has 1 amide bonds. The number of likely N-dealkylation sites (N-methyl/N-ethyl adjacent to an activating group) is 1. The molecular formula is C69H123N2O7P. The van der Waals surface area contributed by atoms with Crippen LogP contribution in [0.2, 0.25) is 0 Å². The number of amides is 1. The smallest absolute Gasteiger partial charge is 0.306 e. The first-order valence-electron chi connectivity index (χ1n) is 32.5. The number of hydrogen-bond acceptors (Lipinski definition) is 7. The molecule has 1 N–H and O–H groups in total. The number of carbonyl (C=O) groups is 2. The van der Waals surface area contributed by atoms with Crippen LogP contribution in [0.3, 0.4) is 0 Å². The molecule has 0 aromatic heterocycles. The van der Waals surface area contributed by atoms with E-state index in [1.54, 1.807) is 0 Å². The standard InChI is InChI=1S/C69H123N2O7P/c1-7-10-13-16-19-22-25-27-29-31-33-34-35-36-38-40-42-44-47-50-53-56-59-62-69(73)78-67(60-57-54-51-48-45-24-21-18-15-12-9-3)66(65-77-79(74,75)76-64-63-71(4,5)6)70-68(72)61-58-55-52-49-46-43-41-39-37-32-30-28-26-23-20-17-14-11-8-2/h11,14,19-20,22-23,27-30,37,39,43,46,57,60,66-67H,7-10,12-13,15-18,21,24-26,31-36,38,40-42,44-45,47-56,58-59,61-65H2,1-6H3,(H-,70,72,74,75)/b14-11-,22-19-,23-20-,29-27-,30-28-,39-37-,46-43-,60-57+. The van der Waals surface area contributed by atoms with E-state index >= 15 is 0 Å². The zero-order valence-electron chi connectivity index (χ0n) is 52.1. The van der Waals surface area contributed by atoms with Crippen LogP contribution in [0.25, 0.3) is 0 Å². The zero-order valence-corrected chi connectivity index (χ0v) is 52.9. The topological polar surface area (TPSA) is 114 Å². The Kier molecular flexibility index (Phi) is 55.9. The van der Waals surface area contributed by atoms with Crippen molar-refractivity contribution in [3.05, 3.63) is 97.2 Å². The fraction of sp³-hybridized carbons (Fsp3) is 0.739. The van der Waals surface area contributed by atoms with Crippen molar-refractivity contribution in [2.75, 3.05) is 40.9 Å². The molecule has 79 heavy (non-hydrogen) atoms. The van der Waals surface area contributed by atoms with Gasteiger partial charge in [0.2, 0.25) is 5.91 Å². The molecule has 0 aliphatic rings. The summed E-state index contributed by atoms with van der Waals surface area (Å²) in [6.45, 7) is 6.68. The van der Waals surface area contributed by atoms with Crippen molar-refractivity contribution in [1.29, 1.82) is 0 Å². The van der Waals surface area contributed by atoms with Gasteiger partial charge in [0.25, 0.3) is 7.82 Å². The summed E-state index contributed by atoms with van der Waals surface area (Å²) in [4.78, 5) is 40.0. The summed E-state index contributed by atoms with van der Waals surface area (Å²) in [6.07, 6.45) is 78.1. The fourth-order valence-corrected chi connectivity index (χ4v) is 9.71. The summed E-state index contributed by atoms with van der Waals surface area (Å²) in [5.74, 6) is -0.580. The molecule has 0 aliphatic heterocycles. The number of hydrogen-bond donors (Lipinski definition) is 1. The van der Waals surface area contributed by atoms with Crippen molar-refractivity contribution >= 4 is 19.7 Å². The molecule has 0 aliphatic carbocycles. The maximum atomic E-state index is 13.5. The summed E-state index contributed by atoms with van der Waals surface area (Å²) in [5.41, 5.74) is 0. The predicted octanol–water partition coefficient (Wildman–Crippen LogP) is 19.7. The van der Waals surface area contributed by atoms with Crippen molar-refractivity contribution in [2.45, 2.75) is 290 Å². The van der Waals surface area contributed by atoms with Gasteiger partial charge in [-0.05, 0) is 109 Å². The molecule has 0 rings (SSSR count). The van der Waals surface area contributed by atoms with Gasteiger partial charge in [-0.25, -0.2) is 0 Å². The summed E-state index contributed by atoms with van der Waals surface area (Å²) in [5, 5.41) is 3.01. The van der Waals surface area contributed by atoms with Gasteiger partial charge in [-0.2, -0.15) is 0 Å². The Bertz CT molecular complexity index is 1670. The van der Waals surface area contributed by atoms with E-state index in [-0.39, 0.29) is 31.3 Å². The highest BCUT2D eigenvalue weighted by Crippen LogP contribution is 2.38. The monoisotopic (exact) mass is 1120 g/mol. The summed E-state index contributed by atoms with van der Waals surface area (Å²) in [7, 11) is 1.15. The van der Waals surface area contributed by atoms with Gasteiger partial charge in [-0.1, -0.05) is 253 Å². The van der Waals surface area contributed by atoms with Gasteiger partial charge in [0.15, 0.2) is 0 Å². The number of unbranched alkanes of at least 4 members (excludes halogenated alkanes) is 28. The van der Waals surface area contributed by atoms with Crippen LogP contribution in [0, 0.1) is 0 Å². The summed E-state index contributed by atoms with van der Waals surface area (Å²) in [6, 6.07) is -0.911. The van der Waals surface area contributed by atoms with E-state index in [0.717, 1.165) is 96.3 Å². The van der Waals surface area contributed by atoms with Crippen LogP contribution in [-0.4, -0.2) is 69.4 Å². The molecule has 9 nitrogen and oxygen atoms in total. The van der Waals surface area contributed by atoms with Crippen LogP contribution in [0.4, 0.5) is 0 Å². The average Bonchev–Trinajstić information content (AvgIpc) is 3.41. The van der Waals surface area contributed by atoms with Crippen molar-refractivity contribution < 1.29 is 37.3 Å². The minimum absolute atomic E-state index is 0.0330. The molecule has 0 saturated carbocycles. The Morgan fingerprint density at radius 1 is 0.456 bits per heavy atom. The van der Waals surface area contributed by atoms with E-state index in [1.807, 2.05) is 33.3 Å². The lowest BCUT2D eigenvalue weighted by Gasteiger charge is -2.30. The molecule has 10 heteroatoms. The van der Waals surface area contributed by atoms with Crippen LogP contribution in [-0.2, 0) is 27.9 Å². The van der Waals surface area contributed by atoms with Gasteiger partial charge >= 0.3 is 5.97 Å². The first-order valence-corrected chi connectivity index (χ1v) is 34.0. The minimum Gasteiger partial charge on any atom is -0.756 e. The maximum absolute atomic E-state index is 13.5. The predicted molar refractivity (Wildman–Crippen MR) is 339 cm³/mol. The fourth-order valence-electron chi connectivity index (χ4n) is 8.99. The maximum Gasteiger partial charge on any atom is 0.306 e. The molecule has 0 fully saturated rings. The zero-order chi connectivity index (χ0) is 57.9. The van der Waals surface area contributed by atoms with Crippen molar-refractivity contribution in [1.82, 2.24) is 5.32 Å². The first-order chi connectivity index (χ1) is 38.4. The highest BCUT2D eigenvalue weighted by Gasteiger charge is 2.27. The highest BCUT2D eigenvalue weighted by atomic mass is 31.2. The van der Waals surface area contributed by atoms with Gasteiger partial charge in [-0.3, -0.25) is 14.2 Å². The normalized spacial score (nSPS) is 14.3. The average molecular weight is 1120 g/mol. The molecule has 0 spiro atoms. The first kappa shape index (κ1) is 75.9. The Balaban J connectivity index is 5.18. The van der Waals surface area contributed by atoms with Gasteiger partial charge < -0.3 is 28.5 Å². The van der Waals surface area contributed by atoms with Gasteiger partial charge in [0.1, 0.15) is 19.3 Å². The summed E-state index contributed by atoms with van der Waals surface area (Å²) < 4.78 is 30.3. The van der Waals surface area contributed by atoms with E-state index in [4.69, 9.17) is 13.8 Å². The SMILES string of the molecule is CC/C=C\C/C=C\C/C=C\C/C=C\C/C=C\CCCCCC(=O)NC(COP(=O)([O-])OCC[N+](C)(C)C)C(/C=C/CCCCCCCCCCC)OC(=O)CCCCCCCCCCCCCCC/C=C\C/C=C\CCCCC.